The van der Waals surface area contributed by atoms with E-state index in [9.17, 15) is 13.2 Å². The topological polar surface area (TPSA) is 33.0 Å². The van der Waals surface area contributed by atoms with E-state index in [1.165, 1.54) is 24.3 Å². The van der Waals surface area contributed by atoms with Crippen LogP contribution in [0.1, 0.15) is 5.56 Å². The van der Waals surface area contributed by atoms with Crippen LogP contribution in [0.15, 0.2) is 42.5 Å². The molecule has 0 aliphatic rings. The summed E-state index contributed by atoms with van der Waals surface area (Å²) in [5, 5.41) is 9.15. The minimum absolute atomic E-state index is 0.263. The van der Waals surface area contributed by atoms with E-state index >= 15 is 0 Å². The summed E-state index contributed by atoms with van der Waals surface area (Å²) in [5.41, 5.74) is 1.48. The Morgan fingerprint density at radius 3 is 2.25 bits per heavy atom. The van der Waals surface area contributed by atoms with Gasteiger partial charge in [-0.25, -0.2) is 0 Å². The SMILES string of the molecule is N#Cc1cccc(-c2ccc(OC(F)(F)F)cc2)c1Cl. The van der Waals surface area contributed by atoms with Crippen molar-refractivity contribution in [1.29, 1.82) is 5.26 Å². The van der Waals surface area contributed by atoms with E-state index in [1.807, 2.05) is 6.07 Å². The third-order valence-electron chi connectivity index (χ3n) is 2.52. The van der Waals surface area contributed by atoms with Gasteiger partial charge in [-0.05, 0) is 23.8 Å². The maximum atomic E-state index is 12.0. The van der Waals surface area contributed by atoms with Crippen molar-refractivity contribution >= 4 is 11.6 Å². The van der Waals surface area contributed by atoms with Crippen molar-refractivity contribution in [2.24, 2.45) is 0 Å². The summed E-state index contributed by atoms with van der Waals surface area (Å²) < 4.78 is 39.9. The Morgan fingerprint density at radius 1 is 1.05 bits per heavy atom. The Labute approximate surface area is 118 Å². The number of nitrogens with zero attached hydrogens (tertiary/aromatic N) is 1. The molecule has 2 rings (SSSR count). The summed E-state index contributed by atoms with van der Waals surface area (Å²) in [6.45, 7) is 0. The normalized spacial score (nSPS) is 10.9. The lowest BCUT2D eigenvalue weighted by atomic mass is 10.0. The lowest BCUT2D eigenvalue weighted by Gasteiger charge is -2.10. The zero-order chi connectivity index (χ0) is 14.8. The van der Waals surface area contributed by atoms with Gasteiger partial charge in [-0.1, -0.05) is 35.9 Å². The lowest BCUT2D eigenvalue weighted by molar-refractivity contribution is -0.274. The predicted molar refractivity (Wildman–Crippen MR) is 68.3 cm³/mol. The van der Waals surface area contributed by atoms with Crippen LogP contribution in [0.4, 0.5) is 13.2 Å². The first-order valence-electron chi connectivity index (χ1n) is 5.45. The van der Waals surface area contributed by atoms with E-state index < -0.39 is 6.36 Å². The third kappa shape index (κ3) is 3.22. The Balaban J connectivity index is 2.34. The van der Waals surface area contributed by atoms with Gasteiger partial charge in [0.2, 0.25) is 0 Å². The summed E-state index contributed by atoms with van der Waals surface area (Å²) >= 11 is 6.06. The van der Waals surface area contributed by atoms with E-state index in [1.54, 1.807) is 18.2 Å². The van der Waals surface area contributed by atoms with Crippen LogP contribution in [0.5, 0.6) is 5.75 Å². The van der Waals surface area contributed by atoms with E-state index in [2.05, 4.69) is 4.74 Å². The van der Waals surface area contributed by atoms with E-state index in [0.29, 0.717) is 16.7 Å². The van der Waals surface area contributed by atoms with Crippen LogP contribution in [0.3, 0.4) is 0 Å². The molecule has 2 aromatic rings. The fourth-order valence-electron chi connectivity index (χ4n) is 1.68. The van der Waals surface area contributed by atoms with Gasteiger partial charge in [0.25, 0.3) is 0 Å². The van der Waals surface area contributed by atoms with Gasteiger partial charge in [-0.3, -0.25) is 0 Å². The minimum Gasteiger partial charge on any atom is -0.406 e. The molecule has 0 heterocycles. The average molecular weight is 298 g/mol. The van der Waals surface area contributed by atoms with Crippen molar-refractivity contribution in [2.75, 3.05) is 0 Å². The van der Waals surface area contributed by atoms with Crippen LogP contribution in [0, 0.1) is 11.3 Å². The molecule has 0 atom stereocenters. The number of halogens is 4. The Kier molecular flexibility index (Phi) is 3.86. The number of hydrogen-bond acceptors (Lipinski definition) is 2. The lowest BCUT2D eigenvalue weighted by Crippen LogP contribution is -2.16. The molecule has 0 saturated carbocycles. The molecule has 0 fully saturated rings. The zero-order valence-corrected chi connectivity index (χ0v) is 10.7. The van der Waals surface area contributed by atoms with Crippen molar-refractivity contribution in [3.8, 4) is 22.9 Å². The molecule has 20 heavy (non-hydrogen) atoms. The van der Waals surface area contributed by atoms with E-state index in [0.717, 1.165) is 0 Å². The molecule has 0 amide bonds. The van der Waals surface area contributed by atoms with Gasteiger partial charge in [0, 0.05) is 5.56 Å². The van der Waals surface area contributed by atoms with Gasteiger partial charge in [-0.15, -0.1) is 13.2 Å². The third-order valence-corrected chi connectivity index (χ3v) is 2.93. The maximum Gasteiger partial charge on any atom is 0.573 e. The zero-order valence-electron chi connectivity index (χ0n) is 9.91. The molecular formula is C14H7ClF3NO. The highest BCUT2D eigenvalue weighted by Crippen LogP contribution is 2.32. The predicted octanol–water partition coefficient (Wildman–Crippen LogP) is 4.78. The van der Waals surface area contributed by atoms with Crippen molar-refractivity contribution < 1.29 is 17.9 Å². The monoisotopic (exact) mass is 297 g/mol. The standard InChI is InChI=1S/C14H7ClF3NO/c15-13-10(8-19)2-1-3-12(13)9-4-6-11(7-5-9)20-14(16,17)18/h1-7H. The smallest absolute Gasteiger partial charge is 0.406 e. The summed E-state index contributed by atoms with van der Waals surface area (Å²) in [4.78, 5) is 0. The van der Waals surface area contributed by atoms with E-state index in [-0.39, 0.29) is 10.8 Å². The first-order valence-corrected chi connectivity index (χ1v) is 5.83. The van der Waals surface area contributed by atoms with Gasteiger partial charge in [0.15, 0.2) is 0 Å². The molecule has 2 aromatic carbocycles. The summed E-state index contributed by atoms with van der Waals surface area (Å²) in [6, 6.07) is 12.1. The second kappa shape index (κ2) is 5.43. The molecule has 6 heteroatoms. The number of benzene rings is 2. The highest BCUT2D eigenvalue weighted by Gasteiger charge is 2.30. The summed E-state index contributed by atoms with van der Waals surface area (Å²) in [6.07, 6.45) is -4.72. The Bertz CT molecular complexity index is 660. The fraction of sp³-hybridized carbons (Fsp3) is 0.0714. The summed E-state index contributed by atoms with van der Waals surface area (Å²) in [7, 11) is 0. The molecule has 0 N–H and O–H groups in total. The number of alkyl halides is 3. The van der Waals surface area contributed by atoms with Crippen LogP contribution >= 0.6 is 11.6 Å². The molecule has 2 nitrogen and oxygen atoms in total. The molecule has 0 aliphatic heterocycles. The van der Waals surface area contributed by atoms with Gasteiger partial charge in [0.1, 0.15) is 11.8 Å². The van der Waals surface area contributed by atoms with Gasteiger partial charge >= 0.3 is 6.36 Å². The first-order chi connectivity index (χ1) is 9.40. The second-order valence-electron chi connectivity index (χ2n) is 3.85. The molecule has 102 valence electrons. The Morgan fingerprint density at radius 2 is 1.70 bits per heavy atom. The molecule has 0 aromatic heterocycles. The molecule has 0 spiro atoms. The van der Waals surface area contributed by atoms with Crippen LogP contribution in [0.25, 0.3) is 11.1 Å². The van der Waals surface area contributed by atoms with Crippen LogP contribution in [-0.2, 0) is 0 Å². The summed E-state index contributed by atoms with van der Waals surface area (Å²) in [5.74, 6) is -0.311. The van der Waals surface area contributed by atoms with Crippen molar-refractivity contribution in [3.05, 3.63) is 53.1 Å². The molecular weight excluding hydrogens is 291 g/mol. The first kappa shape index (κ1) is 14.2. The molecule has 0 bridgehead atoms. The number of rotatable bonds is 2. The van der Waals surface area contributed by atoms with Crippen molar-refractivity contribution in [3.63, 3.8) is 0 Å². The largest absolute Gasteiger partial charge is 0.573 e. The van der Waals surface area contributed by atoms with Gasteiger partial charge in [0.05, 0.1) is 10.6 Å². The van der Waals surface area contributed by atoms with Crippen LogP contribution in [-0.4, -0.2) is 6.36 Å². The number of ether oxygens (including phenoxy) is 1. The van der Waals surface area contributed by atoms with Crippen molar-refractivity contribution in [2.45, 2.75) is 6.36 Å². The molecule has 0 radical (unpaired) electrons. The average Bonchev–Trinajstić information content (AvgIpc) is 2.38. The van der Waals surface area contributed by atoms with Gasteiger partial charge in [-0.2, -0.15) is 5.26 Å². The highest BCUT2D eigenvalue weighted by atomic mass is 35.5. The van der Waals surface area contributed by atoms with Crippen LogP contribution in [0.2, 0.25) is 5.02 Å². The molecule has 0 saturated heterocycles. The van der Waals surface area contributed by atoms with Gasteiger partial charge < -0.3 is 4.74 Å². The molecule has 0 aliphatic carbocycles. The minimum atomic E-state index is -4.72. The quantitative estimate of drug-likeness (QED) is 0.799. The highest BCUT2D eigenvalue weighted by molar-refractivity contribution is 6.34. The van der Waals surface area contributed by atoms with Crippen molar-refractivity contribution in [1.82, 2.24) is 0 Å². The maximum absolute atomic E-state index is 12.0. The number of hydrogen-bond donors (Lipinski definition) is 0. The van der Waals surface area contributed by atoms with Crippen LogP contribution < -0.4 is 4.74 Å². The Hall–Kier alpha value is -2.19. The number of nitriles is 1. The molecule has 0 unspecified atom stereocenters. The fourth-order valence-corrected chi connectivity index (χ4v) is 1.95. The second-order valence-corrected chi connectivity index (χ2v) is 4.23. The van der Waals surface area contributed by atoms with E-state index in [4.69, 9.17) is 16.9 Å².